The minimum atomic E-state index is 0. The molecule has 14 heteroatoms. The molecule has 17 aromatic rings. The van der Waals surface area contributed by atoms with Gasteiger partial charge in [-0.2, -0.15) is 0 Å². The van der Waals surface area contributed by atoms with Gasteiger partial charge < -0.3 is 30.1 Å². The maximum atomic E-state index is 11.2. The van der Waals surface area contributed by atoms with Crippen LogP contribution in [0.25, 0.3) is 123 Å². The molecule has 6 aromatic heterocycles. The Morgan fingerprint density at radius 1 is 0.293 bits per heavy atom. The number of nitrogens with zero attached hydrogens (tertiary/aromatic N) is 6. The van der Waals surface area contributed by atoms with Crippen molar-refractivity contribution in [3.05, 3.63) is 444 Å². The molecule has 4 radical (unpaired) electrons. The molecule has 0 fully saturated rings. The van der Waals surface area contributed by atoms with Crippen LogP contribution in [0.5, 0.6) is 0 Å². The van der Waals surface area contributed by atoms with Crippen LogP contribution in [0.15, 0.2) is 352 Å². The Balaban J connectivity index is 0.000000260. The maximum absolute atomic E-state index is 11.2. The number of allylic oxidation sites excluding steroid dienone is 4. The van der Waals surface area contributed by atoms with Crippen molar-refractivity contribution >= 4 is 33.4 Å². The van der Waals surface area contributed by atoms with Gasteiger partial charge >= 0.3 is 0 Å². The molecule has 0 saturated carbocycles. The number of aromatic nitrogens is 6. The van der Waals surface area contributed by atoms with Gasteiger partial charge in [-0.3, -0.25) is 19.6 Å². The predicted octanol–water partition coefficient (Wildman–Crippen LogP) is 34.5. The van der Waals surface area contributed by atoms with Crippen molar-refractivity contribution in [3.8, 4) is 101 Å². The standard InChI is InChI=1S/C27H26N.C21H22N.C21H20N.C18H14N.2C12H10N.2C11H20O2.4Ir/c1-18(2)12-23-17-27(24-14-19(3)13-20(4)15-24)28-26-11-10-22(16-25(23)26)21-8-6-5-7-9-21;1-14(2)10-17-6-5-7-21-19(17)8-9-20(22-21)18-12-15(3)11-16(4)13-18;1-16(2)14-17-8-10-18(11-9-17)20-12-13-22-21(15-20)19-6-4-3-5-7-19;1-14-12-18(16-10-6-3-7-11-16)19-13-17(14)15-8-4-2-5-9-15;1-10-7-8-13-12(9-10)11-5-3-2-4-6-11;1-10-7-8-12(13-9-10)11-5-3-2-4-6-11;2*1-8(2)5-10(12)7-11(13)6-9(3)4;;;;/h5-11,13-14,16-18H,12H2,1-4H3;5-9,11-12,14H,10H2,1-4H3;3-6,8-13,15-16H,14H2,1-2H3;2-10,12-13H,1H3;2*2-5,7-9H,1H3;2*7-9,12H,5-6H2,1-4H3;;;;/q6*-1;;;;;;. The maximum Gasteiger partial charge on any atom is 0.159 e. The molecule has 17 rings (SSSR count). The number of aliphatic hydroxyl groups is 2. The zero-order valence-electron chi connectivity index (χ0n) is 89.1. The van der Waals surface area contributed by atoms with E-state index in [-0.39, 0.29) is 104 Å². The second-order valence-electron chi connectivity index (χ2n) is 39.8. The van der Waals surface area contributed by atoms with Crippen LogP contribution < -0.4 is 0 Å². The summed E-state index contributed by atoms with van der Waals surface area (Å²) in [7, 11) is 0. The quantitative estimate of drug-likeness (QED) is 0.0321. The summed E-state index contributed by atoms with van der Waals surface area (Å²) >= 11 is 0. The fourth-order valence-corrected chi connectivity index (χ4v) is 16.4. The van der Waals surface area contributed by atoms with Gasteiger partial charge in [-0.1, -0.05) is 282 Å². The van der Waals surface area contributed by atoms with Crippen molar-refractivity contribution in [1.29, 1.82) is 0 Å². The van der Waals surface area contributed by atoms with E-state index in [0.29, 0.717) is 67.1 Å². The molecule has 0 aliphatic carbocycles. The molecule has 0 atom stereocenters. The third-order valence-corrected chi connectivity index (χ3v) is 22.7. The fraction of sp³-hybridized carbons (Fsp3) is 0.263. The van der Waals surface area contributed by atoms with E-state index in [9.17, 15) is 19.8 Å². The molecule has 6 heterocycles. The number of carbonyl (C=O) groups is 2. The van der Waals surface area contributed by atoms with Gasteiger partial charge in [0.05, 0.1) is 22.6 Å². The van der Waals surface area contributed by atoms with Crippen LogP contribution in [-0.4, -0.2) is 51.7 Å². The molecule has 0 aliphatic rings. The third kappa shape index (κ3) is 42.9. The summed E-state index contributed by atoms with van der Waals surface area (Å²) in [6.45, 7) is 44.2. The Labute approximate surface area is 931 Å². The molecule has 0 amide bonds. The van der Waals surface area contributed by atoms with Crippen LogP contribution >= 0.6 is 0 Å². The van der Waals surface area contributed by atoms with E-state index in [1.807, 2.05) is 214 Å². The van der Waals surface area contributed by atoms with E-state index in [1.54, 1.807) is 0 Å². The van der Waals surface area contributed by atoms with Crippen molar-refractivity contribution < 1.29 is 100 Å². The number of ketones is 2. The van der Waals surface area contributed by atoms with Crippen LogP contribution in [0.1, 0.15) is 178 Å². The molecule has 2 N–H and O–H groups in total. The smallest absolute Gasteiger partial charge is 0.159 e. The average molecular weight is 2660 g/mol. The summed E-state index contributed by atoms with van der Waals surface area (Å²) < 4.78 is 0. The topological polar surface area (TPSA) is 152 Å². The number of hydrogen-bond donors (Lipinski definition) is 2. The van der Waals surface area contributed by atoms with Crippen LogP contribution in [0.2, 0.25) is 0 Å². The number of fused-ring (bicyclic) bond motifs is 2. The predicted molar refractivity (Wildman–Crippen MR) is 600 cm³/mol. The summed E-state index contributed by atoms with van der Waals surface area (Å²) in [6, 6.07) is 124. The Morgan fingerprint density at radius 2 is 0.714 bits per heavy atom. The number of carbonyl (C=O) groups excluding carboxylic acids is 2. The van der Waals surface area contributed by atoms with Gasteiger partial charge in [0.25, 0.3) is 0 Å². The van der Waals surface area contributed by atoms with E-state index < -0.39 is 0 Å². The number of pyridine rings is 6. The first kappa shape index (κ1) is 124. The molecule has 0 saturated heterocycles. The van der Waals surface area contributed by atoms with Gasteiger partial charge in [-0.05, 0) is 202 Å². The van der Waals surface area contributed by atoms with Gasteiger partial charge in [0.15, 0.2) is 11.6 Å². The molecule has 147 heavy (non-hydrogen) atoms. The second-order valence-corrected chi connectivity index (χ2v) is 39.8. The Kier molecular flexibility index (Phi) is 53.9. The first-order valence-corrected chi connectivity index (χ1v) is 50.2. The van der Waals surface area contributed by atoms with Gasteiger partial charge in [-0.15, -0.1) is 213 Å². The zero-order chi connectivity index (χ0) is 103. The van der Waals surface area contributed by atoms with E-state index >= 15 is 0 Å². The molecule has 0 aliphatic heterocycles. The van der Waals surface area contributed by atoms with Crippen LogP contribution in [-0.2, 0) is 109 Å². The van der Waals surface area contributed by atoms with Gasteiger partial charge in [-0.25, -0.2) is 0 Å². The van der Waals surface area contributed by atoms with E-state index in [1.165, 1.54) is 101 Å². The first-order valence-electron chi connectivity index (χ1n) is 50.2. The minimum absolute atomic E-state index is 0. The summed E-state index contributed by atoms with van der Waals surface area (Å²) in [5.74, 6) is 3.88. The third-order valence-electron chi connectivity index (χ3n) is 22.7. The monoisotopic (exact) mass is 2660 g/mol. The normalized spacial score (nSPS) is 10.8. The number of rotatable bonds is 25. The second kappa shape index (κ2) is 64.2. The Morgan fingerprint density at radius 3 is 1.18 bits per heavy atom. The number of benzene rings is 11. The molecule has 770 valence electrons. The Hall–Kier alpha value is -12.1. The molecule has 0 unspecified atom stereocenters. The average Bonchev–Trinajstić information content (AvgIpc) is 0.775. The Bertz CT molecular complexity index is 6810. The van der Waals surface area contributed by atoms with Crippen LogP contribution in [0, 0.1) is 126 Å². The fourth-order valence-electron chi connectivity index (χ4n) is 16.4. The summed E-state index contributed by atoms with van der Waals surface area (Å²) in [5, 5.41) is 21.2. The molecule has 0 spiro atoms. The van der Waals surface area contributed by atoms with Crippen molar-refractivity contribution in [1.82, 2.24) is 29.9 Å². The zero-order valence-corrected chi connectivity index (χ0v) is 98.6. The van der Waals surface area contributed by atoms with E-state index in [0.717, 1.165) is 109 Å². The molecule has 11 aromatic carbocycles. The first-order chi connectivity index (χ1) is 68.6. The number of hydrogen-bond acceptors (Lipinski definition) is 10. The van der Waals surface area contributed by atoms with Crippen molar-refractivity contribution in [2.75, 3.05) is 0 Å². The minimum Gasteiger partial charge on any atom is -0.512 e. The summed E-state index contributed by atoms with van der Waals surface area (Å²) in [5.41, 5.74) is 34.2. The SMILES string of the molecule is CC(C)CC(=O)C=C(O)CC(C)C.CC(C)CC(=O)C=C(O)CC(C)C.CC(C)Cc1ccc(-c2ccnc(-c3[c-]cccc3)c2)cc1.Cc1[c-]c(-c2cc(CC(C)C)c3cc(-c4ccccc4)ccc3n2)cc(C)c1.Cc1[c-]c(-c2ccc3c(CC(C)C)cccc3n2)cc(C)c1.Cc1cc(-c2[c-]cccc2)ncc1-c1ccccc1.Cc1ccc(-c2[c-]cccc2)nc1.Cc1ccnc(-c2[c-]cccc2)c1.[Ir].[Ir].[Ir].[Ir]. The number of aliphatic hydroxyl groups excluding tert-OH is 2. The summed E-state index contributed by atoms with van der Waals surface area (Å²) in [4.78, 5) is 49.9. The van der Waals surface area contributed by atoms with Gasteiger partial charge in [0.1, 0.15) is 0 Å². The van der Waals surface area contributed by atoms with Crippen molar-refractivity contribution in [2.45, 2.75) is 190 Å². The number of aryl methyl sites for hydroxylation is 7. The van der Waals surface area contributed by atoms with Crippen molar-refractivity contribution in [2.24, 2.45) is 41.4 Å². The van der Waals surface area contributed by atoms with E-state index in [4.69, 9.17) is 9.97 Å². The molecule has 10 nitrogen and oxygen atoms in total. The van der Waals surface area contributed by atoms with Crippen molar-refractivity contribution in [3.63, 3.8) is 0 Å². The molecular formula is C133H142Ir4N6O4-6. The largest absolute Gasteiger partial charge is 0.512 e. The van der Waals surface area contributed by atoms with Crippen LogP contribution in [0.3, 0.4) is 0 Å². The summed E-state index contributed by atoms with van der Waals surface area (Å²) in [6.07, 6.45) is 15.7. The van der Waals surface area contributed by atoms with Gasteiger partial charge in [0.2, 0.25) is 0 Å². The van der Waals surface area contributed by atoms with Crippen LogP contribution in [0.4, 0.5) is 0 Å². The molecule has 0 bridgehead atoms. The van der Waals surface area contributed by atoms with E-state index in [2.05, 4.69) is 315 Å². The van der Waals surface area contributed by atoms with Gasteiger partial charge in [0, 0.05) is 159 Å². The molecular weight excluding hydrogens is 2510 g/mol.